The van der Waals surface area contributed by atoms with Crippen molar-refractivity contribution < 1.29 is 9.59 Å². The highest BCUT2D eigenvalue weighted by Gasteiger charge is 2.14. The average molecular weight is 188 g/mol. The molecule has 1 aliphatic rings. The Morgan fingerprint density at radius 1 is 1.36 bits per heavy atom. The van der Waals surface area contributed by atoms with Crippen molar-refractivity contribution in [3.63, 3.8) is 0 Å². The van der Waals surface area contributed by atoms with Crippen molar-refractivity contribution in [2.75, 3.05) is 0 Å². The second-order valence-electron chi connectivity index (χ2n) is 3.11. The lowest BCUT2D eigenvalue weighted by Crippen LogP contribution is -2.30. The van der Waals surface area contributed by atoms with Gasteiger partial charge >= 0.3 is 0 Å². The Labute approximate surface area is 80.7 Å². The third kappa shape index (κ3) is 1.56. The maximum atomic E-state index is 11.1. The predicted octanol–water partition coefficient (Wildman–Crippen LogP) is 0.826. The van der Waals surface area contributed by atoms with Crippen molar-refractivity contribution in [1.82, 2.24) is 5.32 Å². The summed E-state index contributed by atoms with van der Waals surface area (Å²) >= 11 is 0. The molecule has 2 rings (SSSR count). The SMILES string of the molecule is O=C=Nc1ccc2c(c1)CC(=O)NC2. The van der Waals surface area contributed by atoms with Crippen LogP contribution in [-0.2, 0) is 22.6 Å². The Morgan fingerprint density at radius 2 is 2.21 bits per heavy atom. The van der Waals surface area contributed by atoms with Crippen LogP contribution in [0.2, 0.25) is 0 Å². The Kier molecular flexibility index (Phi) is 2.13. The van der Waals surface area contributed by atoms with Gasteiger partial charge in [-0.2, -0.15) is 4.99 Å². The zero-order valence-electron chi connectivity index (χ0n) is 7.41. The van der Waals surface area contributed by atoms with Crippen LogP contribution in [0.3, 0.4) is 0 Å². The van der Waals surface area contributed by atoms with Gasteiger partial charge < -0.3 is 5.32 Å². The lowest BCUT2D eigenvalue weighted by molar-refractivity contribution is -0.121. The van der Waals surface area contributed by atoms with Crippen LogP contribution in [0.25, 0.3) is 0 Å². The number of carbonyl (C=O) groups excluding carboxylic acids is 2. The smallest absolute Gasteiger partial charge is 0.240 e. The van der Waals surface area contributed by atoms with Crippen LogP contribution in [0.15, 0.2) is 23.2 Å². The summed E-state index contributed by atoms with van der Waals surface area (Å²) in [6.45, 7) is 0.555. The minimum Gasteiger partial charge on any atom is -0.352 e. The molecule has 0 fully saturated rings. The molecule has 0 atom stereocenters. The van der Waals surface area contributed by atoms with E-state index in [9.17, 15) is 9.59 Å². The van der Waals surface area contributed by atoms with Crippen LogP contribution in [0.5, 0.6) is 0 Å². The van der Waals surface area contributed by atoms with Crippen molar-refractivity contribution in [2.45, 2.75) is 13.0 Å². The third-order valence-electron chi connectivity index (χ3n) is 2.19. The molecule has 0 saturated heterocycles. The number of rotatable bonds is 1. The largest absolute Gasteiger partial charge is 0.352 e. The molecule has 1 aromatic rings. The van der Waals surface area contributed by atoms with Crippen LogP contribution in [0.1, 0.15) is 11.1 Å². The number of carbonyl (C=O) groups is 1. The second kappa shape index (κ2) is 3.44. The minimum atomic E-state index is 0.00438. The highest BCUT2D eigenvalue weighted by Crippen LogP contribution is 2.20. The van der Waals surface area contributed by atoms with E-state index in [1.807, 2.05) is 6.07 Å². The van der Waals surface area contributed by atoms with E-state index in [0.717, 1.165) is 11.1 Å². The summed E-state index contributed by atoms with van der Waals surface area (Å²) in [5.74, 6) is 0.00438. The summed E-state index contributed by atoms with van der Waals surface area (Å²) in [6, 6.07) is 5.35. The monoisotopic (exact) mass is 188 g/mol. The maximum Gasteiger partial charge on any atom is 0.240 e. The number of benzene rings is 1. The Hall–Kier alpha value is -1.93. The molecule has 1 aliphatic heterocycles. The summed E-state index contributed by atoms with van der Waals surface area (Å²) in [5, 5.41) is 2.74. The van der Waals surface area contributed by atoms with Gasteiger partial charge in [-0.1, -0.05) is 6.07 Å². The lowest BCUT2D eigenvalue weighted by atomic mass is 10.0. The topological polar surface area (TPSA) is 58.5 Å². The van der Waals surface area contributed by atoms with Crippen LogP contribution >= 0.6 is 0 Å². The van der Waals surface area contributed by atoms with Crippen LogP contribution in [0.4, 0.5) is 5.69 Å². The molecule has 1 aromatic carbocycles. The quantitative estimate of drug-likeness (QED) is 0.524. The van der Waals surface area contributed by atoms with Gasteiger partial charge in [0, 0.05) is 6.54 Å². The van der Waals surface area contributed by atoms with E-state index in [0.29, 0.717) is 18.7 Å². The van der Waals surface area contributed by atoms with E-state index >= 15 is 0 Å². The summed E-state index contributed by atoms with van der Waals surface area (Å²) < 4.78 is 0. The number of isocyanates is 1. The number of aliphatic imine (C=N–C) groups is 1. The number of fused-ring (bicyclic) bond motifs is 1. The van der Waals surface area contributed by atoms with E-state index in [4.69, 9.17) is 0 Å². The molecule has 1 amide bonds. The van der Waals surface area contributed by atoms with Crippen molar-refractivity contribution in [3.8, 4) is 0 Å². The van der Waals surface area contributed by atoms with E-state index < -0.39 is 0 Å². The molecule has 4 heteroatoms. The zero-order valence-corrected chi connectivity index (χ0v) is 7.41. The van der Waals surface area contributed by atoms with Gasteiger partial charge in [-0.25, -0.2) is 4.79 Å². The Morgan fingerprint density at radius 3 is 3.00 bits per heavy atom. The number of nitrogens with one attached hydrogen (secondary N) is 1. The van der Waals surface area contributed by atoms with Gasteiger partial charge in [-0.3, -0.25) is 4.79 Å². The van der Waals surface area contributed by atoms with Gasteiger partial charge in [0.15, 0.2) is 0 Å². The summed E-state index contributed by atoms with van der Waals surface area (Å²) in [4.78, 5) is 24.6. The minimum absolute atomic E-state index is 0.00438. The molecule has 0 saturated carbocycles. The lowest BCUT2D eigenvalue weighted by Gasteiger charge is -2.16. The molecule has 0 aromatic heterocycles. The summed E-state index contributed by atoms with van der Waals surface area (Å²) in [5.41, 5.74) is 2.56. The molecule has 4 nitrogen and oxygen atoms in total. The zero-order chi connectivity index (χ0) is 9.97. The fourth-order valence-electron chi connectivity index (χ4n) is 1.50. The van der Waals surface area contributed by atoms with Crippen LogP contribution < -0.4 is 5.32 Å². The standard InChI is InChI=1S/C10H8N2O2/c13-6-12-9-2-1-7-5-11-10(14)4-8(7)3-9/h1-3H,4-5H2,(H,11,14). The van der Waals surface area contributed by atoms with Crippen molar-refractivity contribution in [3.05, 3.63) is 29.3 Å². The molecule has 70 valence electrons. The highest BCUT2D eigenvalue weighted by molar-refractivity contribution is 5.81. The van der Waals surface area contributed by atoms with Gasteiger partial charge in [0.05, 0.1) is 12.1 Å². The van der Waals surface area contributed by atoms with Crippen molar-refractivity contribution in [2.24, 2.45) is 4.99 Å². The normalized spacial score (nSPS) is 13.9. The first-order valence-corrected chi connectivity index (χ1v) is 4.26. The second-order valence-corrected chi connectivity index (χ2v) is 3.11. The molecule has 0 aliphatic carbocycles. The molecule has 0 bridgehead atoms. The summed E-state index contributed by atoms with van der Waals surface area (Å²) in [6.07, 6.45) is 1.84. The van der Waals surface area contributed by atoms with E-state index in [1.165, 1.54) is 6.08 Å². The van der Waals surface area contributed by atoms with Crippen molar-refractivity contribution >= 4 is 17.7 Å². The molecular formula is C10H8N2O2. The fourth-order valence-corrected chi connectivity index (χ4v) is 1.50. The molecular weight excluding hydrogens is 180 g/mol. The van der Waals surface area contributed by atoms with Gasteiger partial charge in [0.25, 0.3) is 0 Å². The Bertz CT molecular complexity index is 434. The third-order valence-corrected chi connectivity index (χ3v) is 2.19. The highest BCUT2D eigenvalue weighted by atomic mass is 16.1. The van der Waals surface area contributed by atoms with Gasteiger partial charge in [0.2, 0.25) is 12.0 Å². The number of nitrogens with zero attached hydrogens (tertiary/aromatic N) is 1. The van der Waals surface area contributed by atoms with Crippen molar-refractivity contribution in [1.29, 1.82) is 0 Å². The molecule has 1 heterocycles. The van der Waals surface area contributed by atoms with E-state index in [1.54, 1.807) is 12.1 Å². The van der Waals surface area contributed by atoms with Crippen LogP contribution in [0, 0.1) is 0 Å². The molecule has 0 spiro atoms. The van der Waals surface area contributed by atoms with Gasteiger partial charge in [-0.05, 0) is 23.3 Å². The number of hydrogen-bond donors (Lipinski definition) is 1. The molecule has 1 N–H and O–H groups in total. The van der Waals surface area contributed by atoms with Gasteiger partial charge in [0.1, 0.15) is 0 Å². The first-order valence-electron chi connectivity index (χ1n) is 4.26. The van der Waals surface area contributed by atoms with E-state index in [-0.39, 0.29) is 5.91 Å². The number of hydrogen-bond acceptors (Lipinski definition) is 3. The first-order chi connectivity index (χ1) is 6.79. The predicted molar refractivity (Wildman–Crippen MR) is 49.8 cm³/mol. The van der Waals surface area contributed by atoms with E-state index in [2.05, 4.69) is 10.3 Å². The Balaban J connectivity index is 2.42. The number of amides is 1. The fraction of sp³-hybridized carbons (Fsp3) is 0.200. The van der Waals surface area contributed by atoms with Crippen LogP contribution in [-0.4, -0.2) is 12.0 Å². The summed E-state index contributed by atoms with van der Waals surface area (Å²) in [7, 11) is 0. The molecule has 14 heavy (non-hydrogen) atoms. The first kappa shape index (κ1) is 8.66. The maximum absolute atomic E-state index is 11.1. The molecule has 0 radical (unpaired) electrons. The molecule has 0 unspecified atom stereocenters. The van der Waals surface area contributed by atoms with Gasteiger partial charge in [-0.15, -0.1) is 0 Å². The average Bonchev–Trinajstić information content (AvgIpc) is 2.17.